The highest BCUT2D eigenvalue weighted by Gasteiger charge is 2.33. The van der Waals surface area contributed by atoms with Crippen LogP contribution in [0.4, 0.5) is 0 Å². The molecule has 31 heavy (non-hydrogen) atoms. The van der Waals surface area contributed by atoms with Gasteiger partial charge in [0.15, 0.2) is 5.78 Å². The molecule has 0 fully saturated rings. The lowest BCUT2D eigenvalue weighted by molar-refractivity contribution is -0.147. The highest BCUT2D eigenvalue weighted by molar-refractivity contribution is 6.10. The zero-order chi connectivity index (χ0) is 23.6. The Morgan fingerprint density at radius 2 is 1.48 bits per heavy atom. The average Bonchev–Trinajstić information content (AvgIpc) is 2.62. The summed E-state index contributed by atoms with van der Waals surface area (Å²) in [5.41, 5.74) is 3.87. The summed E-state index contributed by atoms with van der Waals surface area (Å²) < 4.78 is 5.63. The molecule has 1 aromatic rings. The van der Waals surface area contributed by atoms with E-state index in [-0.39, 0.29) is 23.1 Å². The summed E-state index contributed by atoms with van der Waals surface area (Å²) in [5, 5.41) is 0. The molecule has 0 aliphatic carbocycles. The van der Waals surface area contributed by atoms with Crippen LogP contribution in [0.1, 0.15) is 113 Å². The number of benzene rings is 1. The van der Waals surface area contributed by atoms with E-state index in [2.05, 4.69) is 34.6 Å². The molecular formula is C28H46O3. The van der Waals surface area contributed by atoms with Gasteiger partial charge in [-0.05, 0) is 62.5 Å². The molecule has 0 amide bonds. The third-order valence-electron chi connectivity index (χ3n) is 5.87. The van der Waals surface area contributed by atoms with Crippen molar-refractivity contribution in [3.05, 3.63) is 34.4 Å². The number of carbonyl (C=O) groups is 2. The Kier molecular flexibility index (Phi) is 11.5. The summed E-state index contributed by atoms with van der Waals surface area (Å²) in [7, 11) is 0. The SMILES string of the molecule is CCCCCCCCOC(=O)C(CC(C)CC(C)(C)C)C(=O)c1c(C)cc(C)cc1C. The van der Waals surface area contributed by atoms with E-state index in [4.69, 9.17) is 4.74 Å². The first-order valence-corrected chi connectivity index (χ1v) is 12.2. The Morgan fingerprint density at radius 3 is 2.03 bits per heavy atom. The third kappa shape index (κ3) is 10.0. The predicted molar refractivity (Wildman–Crippen MR) is 131 cm³/mol. The minimum atomic E-state index is -0.724. The van der Waals surface area contributed by atoms with Crippen molar-refractivity contribution in [2.75, 3.05) is 6.61 Å². The van der Waals surface area contributed by atoms with Crippen LogP contribution in [0.15, 0.2) is 12.1 Å². The summed E-state index contributed by atoms with van der Waals surface area (Å²) in [5.74, 6) is -0.887. The van der Waals surface area contributed by atoms with E-state index >= 15 is 0 Å². The first-order chi connectivity index (χ1) is 14.5. The van der Waals surface area contributed by atoms with Crippen molar-refractivity contribution < 1.29 is 14.3 Å². The van der Waals surface area contributed by atoms with Gasteiger partial charge < -0.3 is 4.74 Å². The molecule has 0 aliphatic rings. The topological polar surface area (TPSA) is 43.4 Å². The van der Waals surface area contributed by atoms with Crippen LogP contribution >= 0.6 is 0 Å². The van der Waals surface area contributed by atoms with E-state index in [9.17, 15) is 9.59 Å². The molecule has 0 N–H and O–H groups in total. The van der Waals surface area contributed by atoms with Crippen molar-refractivity contribution >= 4 is 11.8 Å². The van der Waals surface area contributed by atoms with Crippen molar-refractivity contribution in [1.82, 2.24) is 0 Å². The fraction of sp³-hybridized carbons (Fsp3) is 0.714. The van der Waals surface area contributed by atoms with Crippen molar-refractivity contribution in [3.63, 3.8) is 0 Å². The maximum atomic E-state index is 13.5. The largest absolute Gasteiger partial charge is 0.465 e. The van der Waals surface area contributed by atoms with Gasteiger partial charge in [0, 0.05) is 5.56 Å². The molecule has 0 bridgehead atoms. The van der Waals surface area contributed by atoms with Gasteiger partial charge in [0.1, 0.15) is 5.92 Å². The van der Waals surface area contributed by atoms with Gasteiger partial charge >= 0.3 is 5.97 Å². The molecule has 3 nitrogen and oxygen atoms in total. The van der Waals surface area contributed by atoms with Crippen molar-refractivity contribution in [3.8, 4) is 0 Å². The van der Waals surface area contributed by atoms with E-state index in [0.29, 0.717) is 18.6 Å². The van der Waals surface area contributed by atoms with Crippen molar-refractivity contribution in [2.45, 2.75) is 107 Å². The summed E-state index contributed by atoms with van der Waals surface area (Å²) in [4.78, 5) is 26.6. The predicted octanol–water partition coefficient (Wildman–Crippen LogP) is 7.78. The van der Waals surface area contributed by atoms with Gasteiger partial charge in [-0.15, -0.1) is 0 Å². The van der Waals surface area contributed by atoms with Gasteiger partial charge in [0.2, 0.25) is 0 Å². The quantitative estimate of drug-likeness (QED) is 0.139. The van der Waals surface area contributed by atoms with Crippen LogP contribution in [0.2, 0.25) is 0 Å². The van der Waals surface area contributed by atoms with Gasteiger partial charge in [0.25, 0.3) is 0 Å². The average molecular weight is 431 g/mol. The van der Waals surface area contributed by atoms with E-state index in [1.165, 1.54) is 25.7 Å². The second-order valence-corrected chi connectivity index (χ2v) is 10.7. The Hall–Kier alpha value is -1.64. The van der Waals surface area contributed by atoms with E-state index < -0.39 is 5.92 Å². The third-order valence-corrected chi connectivity index (χ3v) is 5.87. The molecule has 0 spiro atoms. The van der Waals surface area contributed by atoms with Crippen molar-refractivity contribution in [2.24, 2.45) is 17.3 Å². The van der Waals surface area contributed by atoms with Gasteiger partial charge in [-0.3, -0.25) is 9.59 Å². The van der Waals surface area contributed by atoms with Crippen LogP contribution < -0.4 is 0 Å². The zero-order valence-corrected chi connectivity index (χ0v) is 21.4. The number of unbranched alkanes of at least 4 members (excludes halogenated alkanes) is 5. The summed E-state index contributed by atoms with van der Waals surface area (Å²) in [6, 6.07) is 4.05. The van der Waals surface area contributed by atoms with Crippen LogP contribution in [0.5, 0.6) is 0 Å². The lowest BCUT2D eigenvalue weighted by Crippen LogP contribution is -2.30. The summed E-state index contributed by atoms with van der Waals surface area (Å²) in [6.07, 6.45) is 8.35. The van der Waals surface area contributed by atoms with Gasteiger partial charge in [-0.25, -0.2) is 0 Å². The molecule has 1 rings (SSSR count). The van der Waals surface area contributed by atoms with Crippen LogP contribution in [-0.2, 0) is 9.53 Å². The lowest BCUT2D eigenvalue weighted by atomic mass is 9.79. The summed E-state index contributed by atoms with van der Waals surface area (Å²) in [6.45, 7) is 17.3. The Bertz CT molecular complexity index is 688. The minimum absolute atomic E-state index is 0.0799. The fourth-order valence-electron chi connectivity index (χ4n) is 4.74. The maximum Gasteiger partial charge on any atom is 0.316 e. The molecule has 0 radical (unpaired) electrons. The Balaban J connectivity index is 2.91. The molecule has 0 saturated carbocycles. The lowest BCUT2D eigenvalue weighted by Gasteiger charge is -2.26. The first kappa shape index (κ1) is 27.4. The Labute approximate surface area is 191 Å². The maximum absolute atomic E-state index is 13.5. The van der Waals surface area contributed by atoms with Crippen LogP contribution in [0, 0.1) is 38.0 Å². The van der Waals surface area contributed by atoms with Crippen LogP contribution in [0.25, 0.3) is 0 Å². The van der Waals surface area contributed by atoms with E-state index in [0.717, 1.165) is 36.0 Å². The first-order valence-electron chi connectivity index (χ1n) is 12.2. The van der Waals surface area contributed by atoms with Crippen LogP contribution in [-0.4, -0.2) is 18.4 Å². The number of ether oxygens (including phenoxy) is 1. The highest BCUT2D eigenvalue weighted by Crippen LogP contribution is 2.31. The number of hydrogen-bond acceptors (Lipinski definition) is 3. The standard InChI is InChI=1S/C28H46O3/c1-9-10-11-12-13-14-15-31-27(30)24(18-21(3)19-28(6,7)8)26(29)25-22(4)16-20(2)17-23(25)5/h16-17,21,24H,9-15,18-19H2,1-8H3. The van der Waals surface area contributed by atoms with E-state index in [1.807, 2.05) is 32.9 Å². The molecule has 0 aliphatic heterocycles. The molecule has 2 atom stereocenters. The molecular weight excluding hydrogens is 384 g/mol. The second-order valence-electron chi connectivity index (χ2n) is 10.7. The fourth-order valence-corrected chi connectivity index (χ4v) is 4.74. The number of aryl methyl sites for hydroxylation is 3. The van der Waals surface area contributed by atoms with E-state index in [1.54, 1.807) is 0 Å². The molecule has 3 heteroatoms. The zero-order valence-electron chi connectivity index (χ0n) is 21.4. The minimum Gasteiger partial charge on any atom is -0.465 e. The monoisotopic (exact) mass is 430 g/mol. The van der Waals surface area contributed by atoms with Gasteiger partial charge in [-0.1, -0.05) is 84.4 Å². The van der Waals surface area contributed by atoms with Crippen molar-refractivity contribution in [1.29, 1.82) is 0 Å². The molecule has 0 heterocycles. The molecule has 1 aromatic carbocycles. The molecule has 2 unspecified atom stereocenters. The Morgan fingerprint density at radius 1 is 0.935 bits per heavy atom. The number of ketones is 1. The number of Topliss-reactive ketones (excluding diaryl/α,β-unsaturated/α-hetero) is 1. The second kappa shape index (κ2) is 13.0. The normalized spacial score (nSPS) is 13.7. The van der Waals surface area contributed by atoms with Gasteiger partial charge in [-0.2, -0.15) is 0 Å². The number of carbonyl (C=O) groups excluding carboxylic acids is 2. The number of esters is 1. The van der Waals surface area contributed by atoms with Gasteiger partial charge in [0.05, 0.1) is 6.61 Å². The number of rotatable bonds is 13. The highest BCUT2D eigenvalue weighted by atomic mass is 16.5. The molecule has 176 valence electrons. The molecule has 0 saturated heterocycles. The molecule has 0 aromatic heterocycles. The summed E-state index contributed by atoms with van der Waals surface area (Å²) >= 11 is 0. The smallest absolute Gasteiger partial charge is 0.316 e. The number of hydrogen-bond donors (Lipinski definition) is 0. The van der Waals surface area contributed by atoms with Crippen LogP contribution in [0.3, 0.4) is 0 Å².